The molecule has 0 saturated carbocycles. The fourth-order valence-corrected chi connectivity index (χ4v) is 1.91. The van der Waals surface area contributed by atoms with Crippen LogP contribution in [0.3, 0.4) is 0 Å². The van der Waals surface area contributed by atoms with E-state index in [1.54, 1.807) is 0 Å². The molecular weight excluding hydrogens is 252 g/mol. The van der Waals surface area contributed by atoms with Gasteiger partial charge < -0.3 is 0 Å². The molecule has 0 aliphatic carbocycles. The number of hydrogen-bond acceptors (Lipinski definition) is 3. The molecule has 1 N–H and O–H groups in total. The molecule has 5 nitrogen and oxygen atoms in total. The molecule has 0 bridgehead atoms. The Hall–Kier alpha value is -2.43. The van der Waals surface area contributed by atoms with Crippen molar-refractivity contribution < 1.29 is 4.79 Å². The lowest BCUT2D eigenvalue weighted by molar-refractivity contribution is -0.114. The number of hydrogen-bond donors (Lipinski definition) is 1. The number of nitrogens with zero attached hydrogens (tertiary/aromatic N) is 3. The highest BCUT2D eigenvalue weighted by Gasteiger charge is 2.09. The van der Waals surface area contributed by atoms with E-state index >= 15 is 0 Å². The maximum absolute atomic E-state index is 11.0. The van der Waals surface area contributed by atoms with E-state index in [2.05, 4.69) is 22.0 Å². The standard InChI is InChI=1S/C15H18N4O/c1-4-12-6-8-13(9-7-12)10-19-14(5-2)17-15(18-19)16-11(3)20/h4,6-9H,1,5,10H2,2-3H3,(H,16,18,20). The minimum atomic E-state index is -0.167. The van der Waals surface area contributed by atoms with Crippen LogP contribution < -0.4 is 5.32 Å². The molecule has 0 spiro atoms. The number of rotatable bonds is 5. The second kappa shape index (κ2) is 6.14. The second-order valence-corrected chi connectivity index (χ2v) is 4.49. The summed E-state index contributed by atoms with van der Waals surface area (Å²) in [6.45, 7) is 7.82. The molecule has 0 atom stereocenters. The third-order valence-corrected chi connectivity index (χ3v) is 2.90. The van der Waals surface area contributed by atoms with Crippen molar-refractivity contribution in [3.63, 3.8) is 0 Å². The van der Waals surface area contributed by atoms with Crippen LogP contribution in [0.2, 0.25) is 0 Å². The Bertz CT molecular complexity index is 613. The second-order valence-electron chi connectivity index (χ2n) is 4.49. The Morgan fingerprint density at radius 2 is 2.10 bits per heavy atom. The zero-order valence-electron chi connectivity index (χ0n) is 11.8. The van der Waals surface area contributed by atoms with E-state index in [-0.39, 0.29) is 5.91 Å². The summed E-state index contributed by atoms with van der Waals surface area (Å²) in [5, 5.41) is 6.92. The number of aryl methyl sites for hydroxylation is 1. The van der Waals surface area contributed by atoms with Gasteiger partial charge in [0, 0.05) is 13.3 Å². The lowest BCUT2D eigenvalue weighted by Gasteiger charge is -2.04. The molecule has 0 radical (unpaired) electrons. The number of benzene rings is 1. The topological polar surface area (TPSA) is 59.8 Å². The Labute approximate surface area is 118 Å². The van der Waals surface area contributed by atoms with Crippen LogP contribution in [0.25, 0.3) is 6.08 Å². The average molecular weight is 270 g/mol. The molecule has 2 rings (SSSR count). The van der Waals surface area contributed by atoms with Gasteiger partial charge >= 0.3 is 0 Å². The molecule has 104 valence electrons. The average Bonchev–Trinajstić information content (AvgIpc) is 2.80. The summed E-state index contributed by atoms with van der Waals surface area (Å²) in [4.78, 5) is 15.3. The van der Waals surface area contributed by atoms with Gasteiger partial charge in [0.25, 0.3) is 0 Å². The third kappa shape index (κ3) is 3.32. The monoisotopic (exact) mass is 270 g/mol. The van der Waals surface area contributed by atoms with Crippen LogP contribution in [0.1, 0.15) is 30.8 Å². The molecule has 0 saturated heterocycles. The number of carbonyl (C=O) groups is 1. The molecular formula is C15H18N4O. The fraction of sp³-hybridized carbons (Fsp3) is 0.267. The van der Waals surface area contributed by atoms with Crippen molar-refractivity contribution in [3.05, 3.63) is 47.8 Å². The first-order valence-electron chi connectivity index (χ1n) is 6.55. The van der Waals surface area contributed by atoms with E-state index in [9.17, 15) is 4.79 Å². The third-order valence-electron chi connectivity index (χ3n) is 2.90. The number of carbonyl (C=O) groups excluding carboxylic acids is 1. The van der Waals surface area contributed by atoms with Gasteiger partial charge in [-0.25, -0.2) is 4.68 Å². The van der Waals surface area contributed by atoms with Crippen molar-refractivity contribution in [3.8, 4) is 0 Å². The van der Waals surface area contributed by atoms with E-state index in [4.69, 9.17) is 0 Å². The summed E-state index contributed by atoms with van der Waals surface area (Å²) in [5.74, 6) is 1.04. The van der Waals surface area contributed by atoms with Crippen LogP contribution >= 0.6 is 0 Å². The van der Waals surface area contributed by atoms with Crippen LogP contribution in [-0.2, 0) is 17.8 Å². The zero-order chi connectivity index (χ0) is 14.5. The lowest BCUT2D eigenvalue weighted by Crippen LogP contribution is -2.08. The fourth-order valence-electron chi connectivity index (χ4n) is 1.91. The first-order chi connectivity index (χ1) is 9.62. The van der Waals surface area contributed by atoms with Gasteiger partial charge in [-0.15, -0.1) is 5.10 Å². The molecule has 2 aromatic rings. The lowest BCUT2D eigenvalue weighted by atomic mass is 10.1. The Balaban J connectivity index is 2.20. The Morgan fingerprint density at radius 1 is 1.40 bits per heavy atom. The van der Waals surface area contributed by atoms with Gasteiger partial charge in [-0.05, 0) is 11.1 Å². The zero-order valence-corrected chi connectivity index (χ0v) is 11.8. The summed E-state index contributed by atoms with van der Waals surface area (Å²) < 4.78 is 1.81. The van der Waals surface area contributed by atoms with Gasteiger partial charge in [0.2, 0.25) is 11.9 Å². The SMILES string of the molecule is C=Cc1ccc(Cn2nc(NC(C)=O)nc2CC)cc1. The summed E-state index contributed by atoms with van der Waals surface area (Å²) in [7, 11) is 0. The summed E-state index contributed by atoms with van der Waals surface area (Å²) in [6, 6.07) is 8.10. The minimum absolute atomic E-state index is 0.167. The molecule has 5 heteroatoms. The minimum Gasteiger partial charge on any atom is -0.293 e. The van der Waals surface area contributed by atoms with E-state index in [1.807, 2.05) is 41.9 Å². The number of aromatic nitrogens is 3. The van der Waals surface area contributed by atoms with Crippen LogP contribution in [0, 0.1) is 0 Å². The molecule has 1 amide bonds. The number of nitrogens with one attached hydrogen (secondary N) is 1. The number of anilines is 1. The largest absolute Gasteiger partial charge is 0.293 e. The van der Waals surface area contributed by atoms with Crippen LogP contribution in [0.4, 0.5) is 5.95 Å². The predicted octanol–water partition coefficient (Wildman–Crippen LogP) is 2.49. The first-order valence-corrected chi connectivity index (χ1v) is 6.55. The van der Waals surface area contributed by atoms with Crippen LogP contribution in [-0.4, -0.2) is 20.7 Å². The van der Waals surface area contributed by atoms with Gasteiger partial charge in [-0.2, -0.15) is 4.98 Å². The van der Waals surface area contributed by atoms with Gasteiger partial charge in [0.1, 0.15) is 5.82 Å². The summed E-state index contributed by atoms with van der Waals surface area (Å²) in [5.41, 5.74) is 2.21. The van der Waals surface area contributed by atoms with Gasteiger partial charge in [0.05, 0.1) is 6.54 Å². The summed E-state index contributed by atoms with van der Waals surface area (Å²) in [6.07, 6.45) is 2.57. The van der Waals surface area contributed by atoms with Crippen molar-refractivity contribution >= 4 is 17.9 Å². The normalized spacial score (nSPS) is 10.3. The van der Waals surface area contributed by atoms with Gasteiger partial charge in [-0.1, -0.05) is 43.8 Å². The van der Waals surface area contributed by atoms with Crippen molar-refractivity contribution in [2.75, 3.05) is 5.32 Å². The molecule has 0 aliphatic heterocycles. The molecule has 1 heterocycles. The van der Waals surface area contributed by atoms with Crippen molar-refractivity contribution in [2.24, 2.45) is 0 Å². The maximum Gasteiger partial charge on any atom is 0.248 e. The van der Waals surface area contributed by atoms with E-state index in [0.717, 1.165) is 23.4 Å². The highest BCUT2D eigenvalue weighted by atomic mass is 16.1. The Kier molecular flexibility index (Phi) is 4.30. The first kappa shape index (κ1) is 14.0. The van der Waals surface area contributed by atoms with E-state index in [1.165, 1.54) is 6.92 Å². The molecule has 1 aromatic heterocycles. The van der Waals surface area contributed by atoms with E-state index in [0.29, 0.717) is 12.5 Å². The Morgan fingerprint density at radius 3 is 2.65 bits per heavy atom. The molecule has 0 unspecified atom stereocenters. The van der Waals surface area contributed by atoms with Gasteiger partial charge in [0.15, 0.2) is 0 Å². The maximum atomic E-state index is 11.0. The summed E-state index contributed by atoms with van der Waals surface area (Å²) >= 11 is 0. The smallest absolute Gasteiger partial charge is 0.248 e. The van der Waals surface area contributed by atoms with Crippen LogP contribution in [0.5, 0.6) is 0 Å². The van der Waals surface area contributed by atoms with Gasteiger partial charge in [-0.3, -0.25) is 10.1 Å². The van der Waals surface area contributed by atoms with Crippen molar-refractivity contribution in [1.82, 2.24) is 14.8 Å². The van der Waals surface area contributed by atoms with E-state index < -0.39 is 0 Å². The molecule has 0 fully saturated rings. The highest BCUT2D eigenvalue weighted by Crippen LogP contribution is 2.10. The van der Waals surface area contributed by atoms with Crippen molar-refractivity contribution in [1.29, 1.82) is 0 Å². The predicted molar refractivity (Wildman–Crippen MR) is 79.3 cm³/mol. The quantitative estimate of drug-likeness (QED) is 0.908. The molecule has 1 aromatic carbocycles. The highest BCUT2D eigenvalue weighted by molar-refractivity contribution is 5.86. The number of amides is 1. The molecule has 0 aliphatic rings. The van der Waals surface area contributed by atoms with Crippen LogP contribution in [0.15, 0.2) is 30.8 Å². The molecule has 20 heavy (non-hydrogen) atoms. The van der Waals surface area contributed by atoms with Crippen molar-refractivity contribution in [2.45, 2.75) is 26.8 Å².